The molecule has 14 nitrogen and oxygen atoms in total. The number of nitro benzene ring substituents is 1. The van der Waals surface area contributed by atoms with Gasteiger partial charge in [0.15, 0.2) is 0 Å². The fraction of sp³-hybridized carbons (Fsp3) is 0.404. The first kappa shape index (κ1) is 44.1. The second-order valence-corrected chi connectivity index (χ2v) is 20.0. The Balaban J connectivity index is 0.998. The molecule has 0 saturated carbocycles. The number of carbonyl (C=O) groups excluding carboxylic acids is 1. The number of nitrogens with zero attached hydrogens (tertiary/aromatic N) is 4. The minimum Gasteiger partial charge on any atom is -0.455 e. The highest BCUT2D eigenvalue weighted by molar-refractivity contribution is 7.90. The number of benzene rings is 3. The highest BCUT2D eigenvalue weighted by Crippen LogP contribution is 2.43. The number of H-pyrrole nitrogens is 1. The molecule has 332 valence electrons. The van der Waals surface area contributed by atoms with Crippen LogP contribution < -0.4 is 19.7 Å². The molecule has 0 radical (unpaired) electrons. The molecule has 0 spiro atoms. The van der Waals surface area contributed by atoms with Gasteiger partial charge in [0.1, 0.15) is 22.8 Å². The highest BCUT2D eigenvalue weighted by Gasteiger charge is 2.31. The fourth-order valence-corrected chi connectivity index (χ4v) is 10.3. The Morgan fingerprint density at radius 3 is 2.49 bits per heavy atom. The number of fused-ring (bicyclic) bond motifs is 1. The maximum atomic E-state index is 14.0. The van der Waals surface area contributed by atoms with E-state index in [-0.39, 0.29) is 40.5 Å². The molecular weight excluding hydrogens is 842 g/mol. The summed E-state index contributed by atoms with van der Waals surface area (Å²) in [5.74, 6) is -0.245. The van der Waals surface area contributed by atoms with Gasteiger partial charge < -0.3 is 24.7 Å². The summed E-state index contributed by atoms with van der Waals surface area (Å²) >= 11 is 6.24. The van der Waals surface area contributed by atoms with E-state index in [1.807, 2.05) is 32.0 Å². The van der Waals surface area contributed by atoms with Crippen LogP contribution >= 0.6 is 11.6 Å². The maximum Gasteiger partial charge on any atom is 0.293 e. The number of nitrogens with one attached hydrogen (secondary N) is 3. The minimum absolute atomic E-state index is 0.0373. The van der Waals surface area contributed by atoms with Gasteiger partial charge in [0, 0.05) is 73.7 Å². The molecule has 1 amide bonds. The summed E-state index contributed by atoms with van der Waals surface area (Å²) in [6.07, 6.45) is 8.23. The molecule has 16 heteroatoms. The lowest BCUT2D eigenvalue weighted by Gasteiger charge is -2.39. The van der Waals surface area contributed by atoms with E-state index in [4.69, 9.17) is 21.1 Å². The number of sulfonamides is 1. The van der Waals surface area contributed by atoms with Crippen LogP contribution in [0.25, 0.3) is 16.6 Å². The van der Waals surface area contributed by atoms with Crippen LogP contribution in [0.2, 0.25) is 5.02 Å². The van der Waals surface area contributed by atoms with Crippen LogP contribution in [0.1, 0.15) is 75.7 Å². The zero-order valence-electron chi connectivity index (χ0n) is 36.0. The van der Waals surface area contributed by atoms with E-state index in [2.05, 4.69) is 55.8 Å². The molecule has 5 aromatic rings. The first-order valence-electron chi connectivity index (χ1n) is 21.5. The van der Waals surface area contributed by atoms with Crippen molar-refractivity contribution >= 4 is 61.2 Å². The topological polar surface area (TPSA) is 172 Å². The highest BCUT2D eigenvalue weighted by atomic mass is 35.5. The summed E-state index contributed by atoms with van der Waals surface area (Å²) in [4.78, 5) is 37.3. The van der Waals surface area contributed by atoms with Crippen molar-refractivity contribution < 1.29 is 27.6 Å². The lowest BCUT2D eigenvalue weighted by Crippen LogP contribution is -2.47. The molecule has 2 saturated heterocycles. The molecule has 8 rings (SSSR count). The van der Waals surface area contributed by atoms with Crippen LogP contribution in [-0.4, -0.2) is 85.6 Å². The Morgan fingerprint density at radius 2 is 1.76 bits per heavy atom. The monoisotopic (exact) mass is 895 g/mol. The van der Waals surface area contributed by atoms with Crippen molar-refractivity contribution in [3.8, 4) is 11.5 Å². The van der Waals surface area contributed by atoms with Crippen molar-refractivity contribution in [3.05, 3.63) is 117 Å². The van der Waals surface area contributed by atoms with Crippen molar-refractivity contribution in [3.63, 3.8) is 0 Å². The van der Waals surface area contributed by atoms with E-state index in [1.165, 1.54) is 35.0 Å². The first-order chi connectivity index (χ1) is 30.1. The van der Waals surface area contributed by atoms with Crippen LogP contribution in [0, 0.1) is 21.4 Å². The normalized spacial score (nSPS) is 20.7. The van der Waals surface area contributed by atoms with Gasteiger partial charge in [-0.25, -0.2) is 18.1 Å². The average Bonchev–Trinajstić information content (AvgIpc) is 3.72. The number of pyridine rings is 1. The van der Waals surface area contributed by atoms with Crippen LogP contribution in [0.3, 0.4) is 0 Å². The average molecular weight is 897 g/mol. The van der Waals surface area contributed by atoms with Gasteiger partial charge in [0.05, 0.1) is 33.8 Å². The van der Waals surface area contributed by atoms with E-state index in [0.717, 1.165) is 87.0 Å². The van der Waals surface area contributed by atoms with E-state index in [1.54, 1.807) is 30.5 Å². The molecule has 63 heavy (non-hydrogen) atoms. The zero-order valence-corrected chi connectivity index (χ0v) is 37.6. The number of aromatic nitrogens is 2. The minimum atomic E-state index is -4.57. The number of piperazine rings is 1. The predicted molar refractivity (Wildman–Crippen MR) is 246 cm³/mol. The van der Waals surface area contributed by atoms with Gasteiger partial charge in [-0.2, -0.15) is 0 Å². The van der Waals surface area contributed by atoms with Crippen molar-refractivity contribution in [2.45, 2.75) is 76.9 Å². The number of anilines is 2. The lowest BCUT2D eigenvalue weighted by atomic mass is 9.72. The van der Waals surface area contributed by atoms with Crippen LogP contribution in [0.15, 0.2) is 95.7 Å². The van der Waals surface area contributed by atoms with E-state index in [0.29, 0.717) is 17.9 Å². The Bertz CT molecular complexity index is 2630. The number of allylic oxidation sites excluding steroid dienone is 1. The second kappa shape index (κ2) is 18.3. The summed E-state index contributed by atoms with van der Waals surface area (Å²) in [6.45, 7) is 13.1. The number of aromatic amines is 1. The van der Waals surface area contributed by atoms with Crippen molar-refractivity contribution in [1.29, 1.82) is 0 Å². The molecule has 1 aliphatic carbocycles. The zero-order chi connectivity index (χ0) is 44.5. The van der Waals surface area contributed by atoms with Crippen LogP contribution in [-0.2, 0) is 14.8 Å². The van der Waals surface area contributed by atoms with E-state index >= 15 is 0 Å². The molecule has 3 N–H and O–H groups in total. The largest absolute Gasteiger partial charge is 0.455 e. The summed E-state index contributed by atoms with van der Waals surface area (Å²) in [5, 5.41) is 16.8. The SMILES string of the molecule is CC1CC(CNc2ccc(S(=O)(=O)NC(=O)c3ccc(N4CCN(CC5=C(c6ccc(Cl)cc6)CC(C)(C)CC5)CC4)cc3Oc3cnc4[nH]ccc4c3)cc2[N+](=O)[O-])CC(C)O1. The number of amides is 1. The van der Waals surface area contributed by atoms with Crippen molar-refractivity contribution in [2.75, 3.05) is 49.5 Å². The molecule has 3 aliphatic rings. The predicted octanol–water partition coefficient (Wildman–Crippen LogP) is 9.44. The fourth-order valence-electron chi connectivity index (χ4n) is 9.16. The third-order valence-corrected chi connectivity index (χ3v) is 14.0. The number of hydrogen-bond acceptors (Lipinski definition) is 11. The summed E-state index contributed by atoms with van der Waals surface area (Å²) in [6, 6.07) is 20.5. The maximum absolute atomic E-state index is 14.0. The van der Waals surface area contributed by atoms with Crippen molar-refractivity contribution in [1.82, 2.24) is 19.6 Å². The summed E-state index contributed by atoms with van der Waals surface area (Å²) in [5.41, 5.74) is 5.54. The van der Waals surface area contributed by atoms with Gasteiger partial charge in [-0.1, -0.05) is 43.2 Å². The summed E-state index contributed by atoms with van der Waals surface area (Å²) < 4.78 is 41.7. The molecule has 4 heterocycles. The number of halogens is 1. The smallest absolute Gasteiger partial charge is 0.293 e. The number of rotatable bonds is 13. The molecule has 3 aromatic carbocycles. The molecule has 0 bridgehead atoms. The molecule has 2 atom stereocenters. The number of hydrogen-bond donors (Lipinski definition) is 3. The molecule has 2 unspecified atom stereocenters. The molecule has 2 aromatic heterocycles. The molecular formula is C47H54ClN7O7S. The number of carbonyl (C=O) groups is 1. The van der Waals surface area contributed by atoms with Gasteiger partial charge in [0.2, 0.25) is 0 Å². The Labute approximate surface area is 373 Å². The third-order valence-electron chi connectivity index (χ3n) is 12.4. The summed E-state index contributed by atoms with van der Waals surface area (Å²) in [7, 11) is -4.57. The van der Waals surface area contributed by atoms with Gasteiger partial charge in [-0.05, 0) is 117 Å². The quantitative estimate of drug-likeness (QED) is 0.0760. The second-order valence-electron chi connectivity index (χ2n) is 17.9. The van der Waals surface area contributed by atoms with E-state index in [9.17, 15) is 23.3 Å². The van der Waals surface area contributed by atoms with Gasteiger partial charge in [-0.3, -0.25) is 19.8 Å². The van der Waals surface area contributed by atoms with Gasteiger partial charge in [-0.15, -0.1) is 0 Å². The van der Waals surface area contributed by atoms with Gasteiger partial charge in [0.25, 0.3) is 21.6 Å². The Kier molecular flexibility index (Phi) is 12.8. The number of nitro groups is 1. The Hall–Kier alpha value is -5.48. The molecule has 2 aliphatic heterocycles. The van der Waals surface area contributed by atoms with Crippen LogP contribution in [0.5, 0.6) is 11.5 Å². The van der Waals surface area contributed by atoms with Crippen LogP contribution in [0.4, 0.5) is 17.1 Å². The lowest BCUT2D eigenvalue weighted by molar-refractivity contribution is -0.384. The number of ether oxygens (including phenoxy) is 2. The van der Waals surface area contributed by atoms with Gasteiger partial charge >= 0.3 is 0 Å². The first-order valence-corrected chi connectivity index (χ1v) is 23.4. The molecule has 2 fully saturated rings. The van der Waals surface area contributed by atoms with Crippen molar-refractivity contribution in [2.24, 2.45) is 11.3 Å². The van der Waals surface area contributed by atoms with E-state index < -0.39 is 31.4 Å². The Morgan fingerprint density at radius 1 is 1.02 bits per heavy atom. The standard InChI is InChI=1S/C47H54ClN7O7S/c1-30-21-32(22-31(2)61-30)27-50-42-12-10-39(25-43(42)55(57)58)63(59,60)52-46(56)40-11-9-37(24-44(40)62-38-23-34-14-16-49-45(34)51-28-38)54-19-17-53(18-20-54)29-35-13-15-47(3,4)26-41(35)33-5-7-36(48)8-6-33/h5-12,14,16,23-25,28,30-32,50H,13,15,17-22,26-27,29H2,1-4H3,(H,49,51)(H,52,56). The third kappa shape index (κ3) is 10.5.